The molecule has 0 N–H and O–H groups in total. The standard InChI is InChI=1S/C22H31NO3.Na/c1-17-7-3-4-8-18(17)15-19(21(25)26)16-20(24)23-13-11-22(12-14-23)9-5-2-6-10-22;/h3-4,7-8,19H,2,5-6,9-16H2,1H3,(H,25,26);/q;+1/p-1. The van der Waals surface area contributed by atoms with E-state index >= 15 is 0 Å². The molecule has 1 unspecified atom stereocenters. The second-order valence-electron chi connectivity index (χ2n) is 8.29. The number of hydrogen-bond acceptors (Lipinski definition) is 3. The van der Waals surface area contributed by atoms with Crippen LogP contribution in [0.15, 0.2) is 24.3 Å². The summed E-state index contributed by atoms with van der Waals surface area (Å²) < 4.78 is 0. The molecule has 1 saturated heterocycles. The third kappa shape index (κ3) is 5.82. The molecule has 4 nitrogen and oxygen atoms in total. The van der Waals surface area contributed by atoms with Gasteiger partial charge in [0.15, 0.2) is 0 Å². The van der Waals surface area contributed by atoms with E-state index in [9.17, 15) is 14.7 Å². The number of nitrogens with zero attached hydrogens (tertiary/aromatic N) is 1. The van der Waals surface area contributed by atoms with E-state index in [1.807, 2.05) is 36.1 Å². The zero-order valence-electron chi connectivity index (χ0n) is 16.8. The van der Waals surface area contributed by atoms with Crippen molar-refractivity contribution in [3.05, 3.63) is 35.4 Å². The Morgan fingerprint density at radius 3 is 2.30 bits per heavy atom. The Morgan fingerprint density at radius 1 is 1.07 bits per heavy atom. The number of hydrogen-bond donors (Lipinski definition) is 0. The van der Waals surface area contributed by atoms with Gasteiger partial charge in [-0.2, -0.15) is 0 Å². The van der Waals surface area contributed by atoms with Crippen LogP contribution < -0.4 is 34.7 Å². The van der Waals surface area contributed by atoms with Crippen molar-refractivity contribution in [2.24, 2.45) is 11.3 Å². The molecule has 2 fully saturated rings. The van der Waals surface area contributed by atoms with E-state index in [-0.39, 0.29) is 41.9 Å². The number of aryl methyl sites for hydroxylation is 1. The van der Waals surface area contributed by atoms with Crippen LogP contribution in [0.4, 0.5) is 0 Å². The predicted octanol–water partition coefficient (Wildman–Crippen LogP) is -0.129. The fourth-order valence-corrected chi connectivity index (χ4v) is 4.72. The van der Waals surface area contributed by atoms with Crippen LogP contribution in [0.5, 0.6) is 0 Å². The molecule has 1 aromatic rings. The minimum absolute atomic E-state index is 0. The second-order valence-corrected chi connectivity index (χ2v) is 8.29. The van der Waals surface area contributed by atoms with E-state index in [1.54, 1.807) is 0 Å². The zero-order valence-corrected chi connectivity index (χ0v) is 18.8. The molecule has 3 rings (SSSR count). The van der Waals surface area contributed by atoms with Crippen molar-refractivity contribution in [3.63, 3.8) is 0 Å². The largest absolute Gasteiger partial charge is 1.00 e. The molecule has 0 bridgehead atoms. The maximum Gasteiger partial charge on any atom is 1.00 e. The van der Waals surface area contributed by atoms with E-state index in [4.69, 9.17) is 0 Å². The minimum Gasteiger partial charge on any atom is -0.550 e. The third-order valence-corrected chi connectivity index (χ3v) is 6.57. The average Bonchev–Trinajstić information content (AvgIpc) is 2.64. The molecule has 1 heterocycles. The summed E-state index contributed by atoms with van der Waals surface area (Å²) in [5.41, 5.74) is 2.49. The summed E-state index contributed by atoms with van der Waals surface area (Å²) in [6.07, 6.45) is 9.13. The molecule has 1 aliphatic carbocycles. The van der Waals surface area contributed by atoms with Crippen molar-refractivity contribution in [3.8, 4) is 0 Å². The van der Waals surface area contributed by atoms with Gasteiger partial charge < -0.3 is 14.8 Å². The van der Waals surface area contributed by atoms with Crippen molar-refractivity contribution < 1.29 is 44.3 Å². The van der Waals surface area contributed by atoms with Gasteiger partial charge in [0.1, 0.15) is 0 Å². The van der Waals surface area contributed by atoms with Gasteiger partial charge in [-0.3, -0.25) is 4.79 Å². The van der Waals surface area contributed by atoms with Crippen LogP contribution in [0.3, 0.4) is 0 Å². The van der Waals surface area contributed by atoms with E-state index in [2.05, 4.69) is 0 Å². The summed E-state index contributed by atoms with van der Waals surface area (Å²) in [5, 5.41) is 11.6. The molecule has 142 valence electrons. The monoisotopic (exact) mass is 379 g/mol. The van der Waals surface area contributed by atoms with Crippen LogP contribution in [0, 0.1) is 18.3 Å². The first-order chi connectivity index (χ1) is 12.5. The predicted molar refractivity (Wildman–Crippen MR) is 99.3 cm³/mol. The Labute approximate surface area is 185 Å². The Hall–Kier alpha value is -0.840. The van der Waals surface area contributed by atoms with Crippen LogP contribution in [-0.2, 0) is 16.0 Å². The Bertz CT molecular complexity index is 645. The number of amides is 1. The molecule has 5 heteroatoms. The second kappa shape index (κ2) is 10.1. The third-order valence-electron chi connectivity index (χ3n) is 6.57. The maximum atomic E-state index is 12.7. The Kier molecular flexibility index (Phi) is 8.39. The van der Waals surface area contributed by atoms with Crippen molar-refractivity contribution in [2.45, 2.75) is 64.7 Å². The zero-order chi connectivity index (χ0) is 18.6. The first-order valence-electron chi connectivity index (χ1n) is 10.0. The maximum absolute atomic E-state index is 12.7. The number of carbonyl (C=O) groups is 2. The van der Waals surface area contributed by atoms with Crippen LogP contribution in [0.2, 0.25) is 0 Å². The number of aliphatic carboxylic acids is 1. The van der Waals surface area contributed by atoms with E-state index < -0.39 is 11.9 Å². The van der Waals surface area contributed by atoms with Crippen molar-refractivity contribution in [2.75, 3.05) is 13.1 Å². The van der Waals surface area contributed by atoms with Crippen LogP contribution in [0.1, 0.15) is 62.5 Å². The van der Waals surface area contributed by atoms with Gasteiger partial charge in [0.25, 0.3) is 0 Å². The molecule has 1 saturated carbocycles. The summed E-state index contributed by atoms with van der Waals surface area (Å²) in [4.78, 5) is 26.2. The van der Waals surface area contributed by atoms with Gasteiger partial charge >= 0.3 is 29.6 Å². The smallest absolute Gasteiger partial charge is 0.550 e. The van der Waals surface area contributed by atoms with Crippen molar-refractivity contribution in [1.29, 1.82) is 0 Å². The van der Waals surface area contributed by atoms with E-state index in [0.717, 1.165) is 37.1 Å². The van der Waals surface area contributed by atoms with Gasteiger partial charge in [-0.1, -0.05) is 43.5 Å². The Balaban J connectivity index is 0.00000261. The molecule has 0 radical (unpaired) electrons. The fourth-order valence-electron chi connectivity index (χ4n) is 4.72. The number of piperidine rings is 1. The van der Waals surface area contributed by atoms with Crippen molar-refractivity contribution in [1.82, 2.24) is 4.90 Å². The quantitative estimate of drug-likeness (QED) is 0.670. The normalized spacial score (nSPS) is 20.0. The molecule has 1 amide bonds. The number of carboxylic acids is 1. The van der Waals surface area contributed by atoms with Gasteiger partial charge in [0, 0.05) is 31.4 Å². The van der Waals surface area contributed by atoms with Crippen LogP contribution in [0.25, 0.3) is 0 Å². The van der Waals surface area contributed by atoms with Crippen molar-refractivity contribution >= 4 is 11.9 Å². The summed E-state index contributed by atoms with van der Waals surface area (Å²) in [6.45, 7) is 3.53. The van der Waals surface area contributed by atoms with Gasteiger partial charge in [0.05, 0.1) is 0 Å². The average molecular weight is 379 g/mol. The first-order valence-corrected chi connectivity index (χ1v) is 10.0. The Morgan fingerprint density at radius 2 is 1.70 bits per heavy atom. The molecule has 2 aliphatic rings. The van der Waals surface area contributed by atoms with Gasteiger partial charge in [-0.25, -0.2) is 0 Å². The fraction of sp³-hybridized carbons (Fsp3) is 0.636. The van der Waals surface area contributed by atoms with Gasteiger partial charge in [-0.15, -0.1) is 0 Å². The number of carboxylic acid groups (broad SMARTS) is 1. The number of rotatable bonds is 5. The summed E-state index contributed by atoms with van der Waals surface area (Å²) in [6, 6.07) is 7.75. The number of likely N-dealkylation sites (tertiary alicyclic amines) is 1. The molecular weight excluding hydrogens is 349 g/mol. The molecule has 1 spiro atoms. The number of carbonyl (C=O) groups excluding carboxylic acids is 2. The summed E-state index contributed by atoms with van der Waals surface area (Å²) in [5.74, 6) is -1.91. The minimum atomic E-state index is -1.12. The van der Waals surface area contributed by atoms with Gasteiger partial charge in [-0.05, 0) is 55.6 Å². The molecule has 1 atom stereocenters. The van der Waals surface area contributed by atoms with Crippen LogP contribution in [-0.4, -0.2) is 29.9 Å². The first kappa shape index (κ1) is 22.4. The summed E-state index contributed by atoms with van der Waals surface area (Å²) in [7, 11) is 0. The molecule has 1 aromatic carbocycles. The summed E-state index contributed by atoms with van der Waals surface area (Å²) >= 11 is 0. The van der Waals surface area contributed by atoms with Gasteiger partial charge in [0.2, 0.25) is 5.91 Å². The van der Waals surface area contributed by atoms with E-state index in [1.165, 1.54) is 32.1 Å². The van der Waals surface area contributed by atoms with E-state index in [0.29, 0.717) is 11.8 Å². The number of benzene rings is 1. The molecule has 1 aliphatic heterocycles. The molecule has 27 heavy (non-hydrogen) atoms. The van der Waals surface area contributed by atoms with Crippen LogP contribution >= 0.6 is 0 Å². The SMILES string of the molecule is Cc1ccccc1CC(CC(=O)N1CCC2(CCCCC2)CC1)C(=O)[O-].[Na+]. The molecule has 0 aromatic heterocycles. The molecular formula is C22H30NNaO3. The topological polar surface area (TPSA) is 60.4 Å².